The van der Waals surface area contributed by atoms with E-state index in [2.05, 4.69) is 0 Å². The first kappa shape index (κ1) is 23.5. The van der Waals surface area contributed by atoms with E-state index in [0.29, 0.717) is 22.9 Å². The van der Waals surface area contributed by atoms with Gasteiger partial charge in [0.15, 0.2) is 9.84 Å². The molecule has 0 saturated carbocycles. The van der Waals surface area contributed by atoms with Gasteiger partial charge >= 0.3 is 0 Å². The van der Waals surface area contributed by atoms with Gasteiger partial charge in [-0.25, -0.2) is 16.8 Å². The largest absolute Gasteiger partial charge is 0.243 e. The average molecular weight is 490 g/mol. The van der Waals surface area contributed by atoms with Crippen LogP contribution >= 0.6 is 23.2 Å². The van der Waals surface area contributed by atoms with Crippen LogP contribution in [0, 0.1) is 5.92 Å². The normalized spacial score (nSPS) is 16.8. The molecule has 0 bridgehead atoms. The fraction of sp³-hybridized carbons (Fsp3) is 0.429. The van der Waals surface area contributed by atoms with E-state index < -0.39 is 25.1 Å². The molecule has 9 heteroatoms. The minimum Gasteiger partial charge on any atom is -0.229 e. The lowest BCUT2D eigenvalue weighted by molar-refractivity contribution is 0.345. The van der Waals surface area contributed by atoms with Crippen LogP contribution < -0.4 is 0 Å². The van der Waals surface area contributed by atoms with Crippen LogP contribution in [0.3, 0.4) is 0 Å². The number of hydrogen-bond donors (Lipinski definition) is 0. The molecule has 0 N–H and O–H groups in total. The molecule has 1 fully saturated rings. The van der Waals surface area contributed by atoms with Crippen molar-refractivity contribution in [2.45, 2.75) is 36.8 Å². The topological polar surface area (TPSA) is 71.5 Å². The standard InChI is InChI=1S/C21H25Cl2NO4S2/c1-15(2)14-29(25,26)20-7-9-24(10-8-20)30(27,28)21-5-3-16(4-6-21)17-11-18(22)13-19(23)12-17/h3-6,11-13,15,20H,7-10,14H2,1-2H3. The van der Waals surface area contributed by atoms with Gasteiger partial charge in [-0.3, -0.25) is 0 Å². The molecule has 0 radical (unpaired) electrons. The molecule has 3 rings (SSSR count). The van der Waals surface area contributed by atoms with Gasteiger partial charge in [0.25, 0.3) is 0 Å². The van der Waals surface area contributed by atoms with Gasteiger partial charge in [-0.15, -0.1) is 0 Å². The second kappa shape index (κ2) is 9.17. The zero-order valence-corrected chi connectivity index (χ0v) is 20.0. The van der Waals surface area contributed by atoms with Crippen molar-refractivity contribution in [3.8, 4) is 11.1 Å². The smallest absolute Gasteiger partial charge is 0.229 e. The van der Waals surface area contributed by atoms with Gasteiger partial charge in [0.05, 0.1) is 15.9 Å². The molecule has 30 heavy (non-hydrogen) atoms. The summed E-state index contributed by atoms with van der Waals surface area (Å²) < 4.78 is 52.3. The lowest BCUT2D eigenvalue weighted by atomic mass is 10.1. The van der Waals surface area contributed by atoms with E-state index >= 15 is 0 Å². The zero-order chi connectivity index (χ0) is 22.1. The van der Waals surface area contributed by atoms with E-state index in [4.69, 9.17) is 23.2 Å². The lowest BCUT2D eigenvalue weighted by Crippen LogP contribution is -2.43. The quantitative estimate of drug-likeness (QED) is 0.579. The SMILES string of the molecule is CC(C)CS(=O)(=O)C1CCN(S(=O)(=O)c2ccc(-c3cc(Cl)cc(Cl)c3)cc2)CC1. The predicted molar refractivity (Wildman–Crippen MR) is 122 cm³/mol. The number of sulfone groups is 1. The molecule has 0 aliphatic carbocycles. The second-order valence-corrected chi connectivity index (χ2v) is 13.1. The minimum atomic E-state index is -3.68. The maximum Gasteiger partial charge on any atom is 0.243 e. The monoisotopic (exact) mass is 489 g/mol. The van der Waals surface area contributed by atoms with Gasteiger partial charge in [-0.05, 0) is 60.2 Å². The first-order chi connectivity index (χ1) is 14.0. The van der Waals surface area contributed by atoms with E-state index in [0.717, 1.165) is 11.1 Å². The van der Waals surface area contributed by atoms with E-state index in [1.807, 2.05) is 13.8 Å². The van der Waals surface area contributed by atoms with Crippen molar-refractivity contribution in [1.82, 2.24) is 4.31 Å². The van der Waals surface area contributed by atoms with Gasteiger partial charge in [0, 0.05) is 23.1 Å². The molecule has 0 spiro atoms. The van der Waals surface area contributed by atoms with Crippen LogP contribution in [0.15, 0.2) is 47.4 Å². The molecular formula is C21H25Cl2NO4S2. The number of piperidine rings is 1. The van der Waals surface area contributed by atoms with Crippen LogP contribution in [-0.2, 0) is 19.9 Å². The number of sulfonamides is 1. The Kier molecular flexibility index (Phi) is 7.19. The molecule has 1 saturated heterocycles. The first-order valence-corrected chi connectivity index (χ1v) is 13.7. The molecule has 0 atom stereocenters. The Morgan fingerprint density at radius 1 is 0.900 bits per heavy atom. The summed E-state index contributed by atoms with van der Waals surface area (Å²) in [5.41, 5.74) is 1.60. The molecule has 5 nitrogen and oxygen atoms in total. The van der Waals surface area contributed by atoms with E-state index in [9.17, 15) is 16.8 Å². The van der Waals surface area contributed by atoms with Crippen LogP contribution in [0.5, 0.6) is 0 Å². The molecule has 0 amide bonds. The molecule has 0 unspecified atom stereocenters. The summed E-state index contributed by atoms with van der Waals surface area (Å²) in [5.74, 6) is 0.198. The predicted octanol–water partition coefficient (Wildman–Crippen LogP) is 4.88. The van der Waals surface area contributed by atoms with Crippen LogP contribution in [-0.4, -0.2) is 45.2 Å². The van der Waals surface area contributed by atoms with Gasteiger partial charge in [0.2, 0.25) is 10.0 Å². The summed E-state index contributed by atoms with van der Waals surface area (Å²) in [6.45, 7) is 4.16. The van der Waals surface area contributed by atoms with Crippen LogP contribution in [0.2, 0.25) is 10.0 Å². The third-order valence-corrected chi connectivity index (χ3v) is 10.1. The number of rotatable bonds is 6. The Morgan fingerprint density at radius 3 is 1.93 bits per heavy atom. The number of benzene rings is 2. The highest BCUT2D eigenvalue weighted by Crippen LogP contribution is 2.30. The van der Waals surface area contributed by atoms with Gasteiger partial charge in [-0.2, -0.15) is 4.31 Å². The van der Waals surface area contributed by atoms with Crippen LogP contribution in [0.25, 0.3) is 11.1 Å². The molecule has 2 aromatic carbocycles. The highest BCUT2D eigenvalue weighted by molar-refractivity contribution is 7.92. The van der Waals surface area contributed by atoms with Gasteiger partial charge < -0.3 is 0 Å². The van der Waals surface area contributed by atoms with Crippen molar-refractivity contribution in [2.24, 2.45) is 5.92 Å². The molecule has 1 aliphatic rings. The summed E-state index contributed by atoms with van der Waals surface area (Å²) in [4.78, 5) is 0.183. The number of hydrogen-bond acceptors (Lipinski definition) is 4. The Morgan fingerprint density at radius 2 is 1.43 bits per heavy atom. The summed E-state index contributed by atoms with van der Waals surface area (Å²) in [5, 5.41) is 0.537. The van der Waals surface area contributed by atoms with E-state index in [-0.39, 0.29) is 29.7 Å². The Bertz CT molecular complexity index is 1090. The fourth-order valence-corrected chi connectivity index (χ4v) is 7.85. The molecule has 164 valence electrons. The lowest BCUT2D eigenvalue weighted by Gasteiger charge is -2.31. The van der Waals surface area contributed by atoms with E-state index in [1.165, 1.54) is 4.31 Å². The van der Waals surface area contributed by atoms with Crippen molar-refractivity contribution in [2.75, 3.05) is 18.8 Å². The first-order valence-electron chi connectivity index (χ1n) is 9.77. The third-order valence-electron chi connectivity index (χ3n) is 5.16. The molecular weight excluding hydrogens is 465 g/mol. The summed E-state index contributed by atoms with van der Waals surface area (Å²) >= 11 is 12.1. The molecule has 0 aromatic heterocycles. The Labute approximate surface area is 189 Å². The Hall–Kier alpha value is -1.12. The molecule has 1 aliphatic heterocycles. The van der Waals surface area contributed by atoms with Crippen LogP contribution in [0.1, 0.15) is 26.7 Å². The third kappa shape index (κ3) is 5.37. The highest BCUT2D eigenvalue weighted by atomic mass is 35.5. The zero-order valence-electron chi connectivity index (χ0n) is 16.9. The number of halogens is 2. The summed E-state index contributed by atoms with van der Waals surface area (Å²) in [6, 6.07) is 11.7. The van der Waals surface area contributed by atoms with Crippen molar-refractivity contribution in [3.05, 3.63) is 52.5 Å². The van der Waals surface area contributed by atoms with Gasteiger partial charge in [-0.1, -0.05) is 49.2 Å². The molecule has 2 aromatic rings. The van der Waals surface area contributed by atoms with Crippen molar-refractivity contribution in [3.63, 3.8) is 0 Å². The summed E-state index contributed by atoms with van der Waals surface area (Å²) in [7, 11) is -6.89. The van der Waals surface area contributed by atoms with Crippen molar-refractivity contribution in [1.29, 1.82) is 0 Å². The maximum absolute atomic E-state index is 13.0. The van der Waals surface area contributed by atoms with Crippen LogP contribution in [0.4, 0.5) is 0 Å². The summed E-state index contributed by atoms with van der Waals surface area (Å²) in [6.07, 6.45) is 0.654. The maximum atomic E-state index is 13.0. The Balaban J connectivity index is 1.73. The second-order valence-electron chi connectivity index (χ2n) is 8.01. The average Bonchev–Trinajstić information content (AvgIpc) is 2.66. The highest BCUT2D eigenvalue weighted by Gasteiger charge is 2.35. The molecule has 1 heterocycles. The van der Waals surface area contributed by atoms with Gasteiger partial charge in [0.1, 0.15) is 0 Å². The van der Waals surface area contributed by atoms with E-state index in [1.54, 1.807) is 42.5 Å². The number of nitrogens with zero attached hydrogens (tertiary/aromatic N) is 1. The van der Waals surface area contributed by atoms with Crippen molar-refractivity contribution >= 4 is 43.1 Å². The fourth-order valence-electron chi connectivity index (χ4n) is 3.72. The van der Waals surface area contributed by atoms with Crippen molar-refractivity contribution < 1.29 is 16.8 Å². The minimum absolute atomic E-state index is 0.0599.